The summed E-state index contributed by atoms with van der Waals surface area (Å²) in [7, 11) is 0. The third-order valence-electron chi connectivity index (χ3n) is 3.68. The summed E-state index contributed by atoms with van der Waals surface area (Å²) in [6.45, 7) is 9.13. The summed E-state index contributed by atoms with van der Waals surface area (Å²) in [5.74, 6) is 1.46. The molecule has 0 saturated carbocycles. The topological polar surface area (TPSA) is 21.3 Å². The van der Waals surface area contributed by atoms with Crippen molar-refractivity contribution in [3.63, 3.8) is 0 Å². The molecule has 21 heavy (non-hydrogen) atoms. The Bertz CT molecular complexity index is 530. The van der Waals surface area contributed by atoms with Gasteiger partial charge >= 0.3 is 0 Å². The number of aryl methyl sites for hydroxylation is 1. The summed E-state index contributed by atoms with van der Waals surface area (Å²) in [4.78, 5) is 0. The van der Waals surface area contributed by atoms with E-state index in [4.69, 9.17) is 4.74 Å². The maximum absolute atomic E-state index is 5.80. The fourth-order valence-electron chi connectivity index (χ4n) is 2.22. The number of ether oxygens (including phenoxy) is 1. The van der Waals surface area contributed by atoms with Crippen LogP contribution in [0, 0.1) is 6.92 Å². The zero-order chi connectivity index (χ0) is 15.1. The molecule has 1 unspecified atom stereocenters. The number of hydrogen-bond acceptors (Lipinski definition) is 2. The first-order chi connectivity index (χ1) is 10.2. The van der Waals surface area contributed by atoms with E-state index in [2.05, 4.69) is 62.5 Å². The van der Waals surface area contributed by atoms with Gasteiger partial charge in [-0.1, -0.05) is 55.8 Å². The Hall–Kier alpha value is -1.80. The van der Waals surface area contributed by atoms with Crippen LogP contribution in [0.4, 0.5) is 0 Å². The molecular weight excluding hydrogens is 258 g/mol. The van der Waals surface area contributed by atoms with E-state index in [9.17, 15) is 0 Å². The van der Waals surface area contributed by atoms with Gasteiger partial charge in [-0.05, 0) is 42.6 Å². The molecule has 2 aromatic carbocycles. The zero-order valence-corrected chi connectivity index (χ0v) is 13.2. The molecule has 2 aromatic rings. The van der Waals surface area contributed by atoms with Crippen molar-refractivity contribution in [3.8, 4) is 5.75 Å². The second kappa shape index (κ2) is 7.84. The average molecular weight is 283 g/mol. The minimum Gasteiger partial charge on any atom is -0.489 e. The lowest BCUT2D eigenvalue weighted by Gasteiger charge is -2.13. The minimum absolute atomic E-state index is 0.539. The van der Waals surface area contributed by atoms with E-state index in [1.54, 1.807) is 0 Å². The highest BCUT2D eigenvalue weighted by atomic mass is 16.5. The predicted octanol–water partition coefficient (Wildman–Crippen LogP) is 4.29. The Labute approximate surface area is 128 Å². The van der Waals surface area contributed by atoms with Crippen LogP contribution in [0.3, 0.4) is 0 Å². The van der Waals surface area contributed by atoms with Crippen LogP contribution in [0.15, 0.2) is 48.5 Å². The smallest absolute Gasteiger partial charge is 0.119 e. The molecule has 0 bridgehead atoms. The van der Waals surface area contributed by atoms with E-state index in [1.807, 2.05) is 12.1 Å². The molecule has 0 radical (unpaired) electrons. The first kappa shape index (κ1) is 15.6. The SMILES string of the molecule is CCNCC(C)c1ccc(COc2ccc(C)cc2)cc1. The normalized spacial score (nSPS) is 12.1. The molecule has 112 valence electrons. The summed E-state index contributed by atoms with van der Waals surface area (Å²) in [5.41, 5.74) is 3.83. The van der Waals surface area contributed by atoms with Gasteiger partial charge in [-0.15, -0.1) is 0 Å². The van der Waals surface area contributed by atoms with Gasteiger partial charge in [0.15, 0.2) is 0 Å². The van der Waals surface area contributed by atoms with Crippen molar-refractivity contribution in [2.75, 3.05) is 13.1 Å². The van der Waals surface area contributed by atoms with Crippen LogP contribution in [-0.2, 0) is 6.61 Å². The summed E-state index contributed by atoms with van der Waals surface area (Å²) < 4.78 is 5.80. The molecular formula is C19H25NO. The highest BCUT2D eigenvalue weighted by Crippen LogP contribution is 2.17. The van der Waals surface area contributed by atoms with E-state index in [1.165, 1.54) is 16.7 Å². The number of benzene rings is 2. The minimum atomic E-state index is 0.539. The zero-order valence-electron chi connectivity index (χ0n) is 13.2. The average Bonchev–Trinajstić information content (AvgIpc) is 2.52. The molecule has 0 saturated heterocycles. The van der Waals surface area contributed by atoms with Gasteiger partial charge in [0.1, 0.15) is 12.4 Å². The monoisotopic (exact) mass is 283 g/mol. The van der Waals surface area contributed by atoms with Crippen LogP contribution in [0.5, 0.6) is 5.75 Å². The Kier molecular flexibility index (Phi) is 5.82. The fraction of sp³-hybridized carbons (Fsp3) is 0.368. The first-order valence-corrected chi connectivity index (χ1v) is 7.68. The lowest BCUT2D eigenvalue weighted by Crippen LogP contribution is -2.19. The van der Waals surface area contributed by atoms with Crippen molar-refractivity contribution < 1.29 is 4.74 Å². The van der Waals surface area contributed by atoms with Crippen LogP contribution in [0.1, 0.15) is 36.5 Å². The summed E-state index contributed by atoms with van der Waals surface area (Å²) >= 11 is 0. The second-order valence-electron chi connectivity index (χ2n) is 5.55. The van der Waals surface area contributed by atoms with E-state index in [-0.39, 0.29) is 0 Å². The predicted molar refractivity (Wildman–Crippen MR) is 88.9 cm³/mol. The van der Waals surface area contributed by atoms with Gasteiger partial charge in [0, 0.05) is 6.54 Å². The molecule has 1 N–H and O–H groups in total. The third-order valence-corrected chi connectivity index (χ3v) is 3.68. The Morgan fingerprint density at radius 3 is 2.29 bits per heavy atom. The summed E-state index contributed by atoms with van der Waals surface area (Å²) in [6.07, 6.45) is 0. The van der Waals surface area contributed by atoms with Gasteiger partial charge in [-0.3, -0.25) is 0 Å². The largest absolute Gasteiger partial charge is 0.489 e. The number of rotatable bonds is 7. The van der Waals surface area contributed by atoms with Gasteiger partial charge in [-0.25, -0.2) is 0 Å². The van der Waals surface area contributed by atoms with E-state index in [0.29, 0.717) is 12.5 Å². The fourth-order valence-corrected chi connectivity index (χ4v) is 2.22. The van der Waals surface area contributed by atoms with Crippen LogP contribution >= 0.6 is 0 Å². The molecule has 0 heterocycles. The molecule has 0 aliphatic carbocycles. The quantitative estimate of drug-likeness (QED) is 0.818. The lowest BCUT2D eigenvalue weighted by atomic mass is 10.00. The summed E-state index contributed by atoms with van der Waals surface area (Å²) in [5, 5.41) is 3.39. The molecule has 2 heteroatoms. The van der Waals surface area contributed by atoms with Gasteiger partial charge in [0.05, 0.1) is 0 Å². The second-order valence-corrected chi connectivity index (χ2v) is 5.55. The van der Waals surface area contributed by atoms with Crippen molar-refractivity contribution in [1.82, 2.24) is 5.32 Å². The van der Waals surface area contributed by atoms with Crippen LogP contribution in [0.25, 0.3) is 0 Å². The van der Waals surface area contributed by atoms with Crippen LogP contribution < -0.4 is 10.1 Å². The number of nitrogens with one attached hydrogen (secondary N) is 1. The number of likely N-dealkylation sites (N-methyl/N-ethyl adjacent to an activating group) is 1. The van der Waals surface area contributed by atoms with Crippen molar-refractivity contribution in [3.05, 3.63) is 65.2 Å². The maximum Gasteiger partial charge on any atom is 0.119 e. The molecule has 0 amide bonds. The van der Waals surface area contributed by atoms with Gasteiger partial charge in [0.25, 0.3) is 0 Å². The highest BCUT2D eigenvalue weighted by Gasteiger charge is 2.04. The van der Waals surface area contributed by atoms with Crippen LogP contribution in [-0.4, -0.2) is 13.1 Å². The Morgan fingerprint density at radius 1 is 1.00 bits per heavy atom. The Balaban J connectivity index is 1.88. The van der Waals surface area contributed by atoms with E-state index in [0.717, 1.165) is 18.8 Å². The third kappa shape index (κ3) is 4.91. The molecule has 0 aromatic heterocycles. The van der Waals surface area contributed by atoms with Gasteiger partial charge in [-0.2, -0.15) is 0 Å². The van der Waals surface area contributed by atoms with Crippen molar-refractivity contribution in [1.29, 1.82) is 0 Å². The van der Waals surface area contributed by atoms with Crippen LogP contribution in [0.2, 0.25) is 0 Å². The molecule has 0 aliphatic heterocycles. The maximum atomic E-state index is 5.80. The number of hydrogen-bond donors (Lipinski definition) is 1. The first-order valence-electron chi connectivity index (χ1n) is 7.68. The molecule has 0 aliphatic rings. The standard InChI is InChI=1S/C19H25NO/c1-4-20-13-16(3)18-9-7-17(8-10-18)14-21-19-11-5-15(2)6-12-19/h5-12,16,20H,4,13-14H2,1-3H3. The molecule has 0 spiro atoms. The summed E-state index contributed by atoms with van der Waals surface area (Å²) in [6, 6.07) is 16.9. The van der Waals surface area contributed by atoms with Crippen molar-refractivity contribution in [2.24, 2.45) is 0 Å². The van der Waals surface area contributed by atoms with E-state index < -0.39 is 0 Å². The van der Waals surface area contributed by atoms with Gasteiger partial charge < -0.3 is 10.1 Å². The highest BCUT2D eigenvalue weighted by molar-refractivity contribution is 5.28. The van der Waals surface area contributed by atoms with Crippen molar-refractivity contribution >= 4 is 0 Å². The molecule has 2 rings (SSSR count). The molecule has 0 fully saturated rings. The Morgan fingerprint density at radius 2 is 1.67 bits per heavy atom. The lowest BCUT2D eigenvalue weighted by molar-refractivity contribution is 0.306. The molecule has 2 nitrogen and oxygen atoms in total. The van der Waals surface area contributed by atoms with Gasteiger partial charge in [0.2, 0.25) is 0 Å². The molecule has 1 atom stereocenters. The van der Waals surface area contributed by atoms with E-state index >= 15 is 0 Å². The van der Waals surface area contributed by atoms with Crippen molar-refractivity contribution in [2.45, 2.75) is 33.3 Å².